The van der Waals surface area contributed by atoms with Crippen molar-refractivity contribution in [3.63, 3.8) is 0 Å². The van der Waals surface area contributed by atoms with E-state index in [9.17, 15) is 0 Å². The molecule has 0 spiro atoms. The number of hydrogen-bond donors (Lipinski definition) is 5. The maximum Gasteiger partial charge on any atom is 0.142 e. The molecule has 0 unspecified atom stereocenters. The van der Waals surface area contributed by atoms with Crippen LogP contribution in [0.15, 0.2) is 59.9 Å². The van der Waals surface area contributed by atoms with Crippen molar-refractivity contribution in [3.8, 4) is 0 Å². The van der Waals surface area contributed by atoms with E-state index in [1.54, 1.807) is 23.0 Å². The Morgan fingerprint density at radius 3 is 2.48 bits per heavy atom. The third-order valence-corrected chi connectivity index (χ3v) is 5.17. The Morgan fingerprint density at radius 1 is 1.03 bits per heavy atom. The molecule has 0 saturated heterocycles. The smallest absolute Gasteiger partial charge is 0.142 e. The van der Waals surface area contributed by atoms with Crippen molar-refractivity contribution in [1.29, 1.82) is 16.2 Å². The lowest BCUT2D eigenvalue weighted by atomic mass is 10.1. The molecule has 0 aliphatic carbocycles. The van der Waals surface area contributed by atoms with Crippen LogP contribution < -0.4 is 17.0 Å². The molecule has 29 heavy (non-hydrogen) atoms. The molecule has 0 bridgehead atoms. The van der Waals surface area contributed by atoms with Crippen molar-refractivity contribution < 1.29 is 0 Å². The summed E-state index contributed by atoms with van der Waals surface area (Å²) in [5.41, 5.74) is 14.6. The number of hydrogen-bond acceptors (Lipinski definition) is 8. The van der Waals surface area contributed by atoms with Gasteiger partial charge in [-0.05, 0) is 36.4 Å². The first-order chi connectivity index (χ1) is 14.1. The summed E-state index contributed by atoms with van der Waals surface area (Å²) in [6.45, 7) is 0. The van der Waals surface area contributed by atoms with E-state index in [0.29, 0.717) is 22.7 Å². The molecule has 3 rings (SSSR count). The van der Waals surface area contributed by atoms with Crippen molar-refractivity contribution in [3.05, 3.63) is 71.7 Å². The van der Waals surface area contributed by atoms with Crippen molar-refractivity contribution in [2.75, 3.05) is 0 Å². The summed E-state index contributed by atoms with van der Waals surface area (Å²) >= 11 is 1.52. The van der Waals surface area contributed by atoms with Crippen LogP contribution in [0.2, 0.25) is 0 Å². The summed E-state index contributed by atoms with van der Waals surface area (Å²) < 4.78 is 1.55. The molecule has 0 amide bonds. The van der Waals surface area contributed by atoms with Gasteiger partial charge in [0.2, 0.25) is 0 Å². The maximum atomic E-state index is 8.07. The highest BCUT2D eigenvalue weighted by atomic mass is 32.2. The number of allylic oxidation sites excluding steroid dienone is 2. The molecule has 2 aromatic heterocycles. The molecule has 8 nitrogen and oxygen atoms in total. The van der Waals surface area contributed by atoms with Crippen LogP contribution in [0, 0.1) is 16.2 Å². The fourth-order valence-electron chi connectivity index (χ4n) is 2.64. The molecule has 7 N–H and O–H groups in total. The van der Waals surface area contributed by atoms with Gasteiger partial charge in [0.05, 0.1) is 17.1 Å². The third-order valence-electron chi connectivity index (χ3n) is 4.21. The van der Waals surface area contributed by atoms with Gasteiger partial charge >= 0.3 is 0 Å². The average Bonchev–Trinajstić information content (AvgIpc) is 2.75. The van der Waals surface area contributed by atoms with Crippen LogP contribution >= 0.6 is 11.8 Å². The first-order valence-corrected chi connectivity index (χ1v) is 9.59. The number of benzene rings is 1. The zero-order valence-electron chi connectivity index (χ0n) is 15.5. The summed E-state index contributed by atoms with van der Waals surface area (Å²) in [7, 11) is 0. The third kappa shape index (κ3) is 4.41. The molecule has 3 aromatic rings. The van der Waals surface area contributed by atoms with Gasteiger partial charge in [-0.25, -0.2) is 4.68 Å². The first kappa shape index (κ1) is 20.0. The average molecular weight is 405 g/mol. The fourth-order valence-corrected chi connectivity index (χ4v) is 3.48. The van der Waals surface area contributed by atoms with Crippen molar-refractivity contribution >= 4 is 46.2 Å². The van der Waals surface area contributed by atoms with E-state index < -0.39 is 0 Å². The minimum atomic E-state index is 0.260. The standard InChI is InChI=1S/C20H20N8S/c21-7-15(8-22)14-5-13-6-17(1-2-18(13)26-11-14)29-12-28-20(25)4-3-19(27-28)16(9-23)10-24/h1-11,21,23,25H,12,22,24H2/b15-8+,16-10+,21-7?,23-9?,25-20?. The molecule has 0 atom stereocenters. The van der Waals surface area contributed by atoms with E-state index in [1.165, 1.54) is 30.4 Å². The largest absolute Gasteiger partial charge is 0.404 e. The highest BCUT2D eigenvalue weighted by Crippen LogP contribution is 2.25. The van der Waals surface area contributed by atoms with Crippen molar-refractivity contribution in [1.82, 2.24) is 14.8 Å². The monoisotopic (exact) mass is 404 g/mol. The Balaban J connectivity index is 1.87. The summed E-state index contributed by atoms with van der Waals surface area (Å²) in [5.74, 6) is 0.426. The van der Waals surface area contributed by atoms with E-state index in [1.807, 2.05) is 24.3 Å². The molecule has 0 saturated carbocycles. The second-order valence-corrected chi connectivity index (χ2v) is 7.01. The molecule has 9 heteroatoms. The molecule has 0 aliphatic heterocycles. The number of pyridine rings is 1. The van der Waals surface area contributed by atoms with E-state index in [-0.39, 0.29) is 5.49 Å². The molecule has 0 radical (unpaired) electrons. The Hall–Kier alpha value is -3.72. The topological polar surface area (TPSA) is 154 Å². The van der Waals surface area contributed by atoms with Gasteiger partial charge in [-0.1, -0.05) is 0 Å². The molecular weight excluding hydrogens is 384 g/mol. The quantitative estimate of drug-likeness (QED) is 0.302. The van der Waals surface area contributed by atoms with Crippen LogP contribution in [0.1, 0.15) is 11.3 Å². The molecule has 2 heterocycles. The van der Waals surface area contributed by atoms with Gasteiger partial charge in [0.1, 0.15) is 5.49 Å². The summed E-state index contributed by atoms with van der Waals surface area (Å²) in [4.78, 5) is 5.42. The van der Waals surface area contributed by atoms with Crippen LogP contribution in [-0.2, 0) is 5.88 Å². The zero-order valence-corrected chi connectivity index (χ0v) is 16.3. The number of fused-ring (bicyclic) bond motifs is 1. The normalized spacial score (nSPS) is 12.1. The van der Waals surface area contributed by atoms with E-state index in [0.717, 1.165) is 27.6 Å². The lowest BCUT2D eigenvalue weighted by molar-refractivity contribution is 0.664. The number of aromatic nitrogens is 3. The highest BCUT2D eigenvalue weighted by molar-refractivity contribution is 7.98. The highest BCUT2D eigenvalue weighted by Gasteiger charge is 2.06. The molecule has 0 aliphatic rings. The van der Waals surface area contributed by atoms with Gasteiger partial charge < -0.3 is 22.3 Å². The second kappa shape index (κ2) is 8.98. The lowest BCUT2D eigenvalue weighted by Crippen LogP contribution is -2.22. The summed E-state index contributed by atoms with van der Waals surface area (Å²) in [6.07, 6.45) is 6.74. The first-order valence-electron chi connectivity index (χ1n) is 8.60. The Kier molecular flexibility index (Phi) is 6.20. The minimum Gasteiger partial charge on any atom is -0.404 e. The van der Waals surface area contributed by atoms with Gasteiger partial charge in [-0.3, -0.25) is 10.4 Å². The SMILES string of the molecule is N=C/C(=C\N)c1cnc2ccc(SCn3nc(/C(C=N)=C/N)ccc3=N)cc2c1. The van der Waals surface area contributed by atoms with Gasteiger partial charge in [-0.15, -0.1) is 11.8 Å². The number of rotatable bonds is 7. The van der Waals surface area contributed by atoms with Crippen LogP contribution in [-0.4, -0.2) is 27.2 Å². The Morgan fingerprint density at radius 2 is 1.79 bits per heavy atom. The number of nitrogens with one attached hydrogen (secondary N) is 3. The van der Waals surface area contributed by atoms with E-state index in [2.05, 4.69) is 10.1 Å². The predicted molar refractivity (Wildman–Crippen MR) is 118 cm³/mol. The summed E-state index contributed by atoms with van der Waals surface area (Å²) in [5, 5.41) is 28.3. The van der Waals surface area contributed by atoms with Gasteiger partial charge in [-0.2, -0.15) is 5.10 Å². The van der Waals surface area contributed by atoms with Gasteiger partial charge in [0, 0.05) is 58.0 Å². The maximum absolute atomic E-state index is 8.07. The van der Waals surface area contributed by atoms with Crippen LogP contribution in [0.5, 0.6) is 0 Å². The lowest BCUT2D eigenvalue weighted by Gasteiger charge is -2.09. The Bertz CT molecular complexity index is 1190. The van der Waals surface area contributed by atoms with Gasteiger partial charge in [0.25, 0.3) is 0 Å². The second-order valence-electron chi connectivity index (χ2n) is 5.99. The van der Waals surface area contributed by atoms with Crippen molar-refractivity contribution in [2.45, 2.75) is 10.8 Å². The van der Waals surface area contributed by atoms with Crippen LogP contribution in [0.3, 0.4) is 0 Å². The van der Waals surface area contributed by atoms with Crippen LogP contribution in [0.25, 0.3) is 22.0 Å². The predicted octanol–water partition coefficient (Wildman–Crippen LogP) is 2.56. The van der Waals surface area contributed by atoms with Crippen molar-refractivity contribution in [2.24, 2.45) is 11.5 Å². The zero-order chi connectivity index (χ0) is 20.8. The fraction of sp³-hybridized carbons (Fsp3) is 0.0500. The molecular formula is C20H20N8S. The van der Waals surface area contributed by atoms with Gasteiger partial charge in [0.15, 0.2) is 0 Å². The van der Waals surface area contributed by atoms with E-state index in [4.69, 9.17) is 27.7 Å². The molecule has 0 fully saturated rings. The summed E-state index contributed by atoms with van der Waals surface area (Å²) in [6, 6.07) is 11.1. The number of nitrogens with zero attached hydrogens (tertiary/aromatic N) is 3. The number of thioether (sulfide) groups is 1. The molecule has 1 aromatic carbocycles. The van der Waals surface area contributed by atoms with E-state index >= 15 is 0 Å². The van der Waals surface area contributed by atoms with Crippen LogP contribution in [0.4, 0.5) is 0 Å². The minimum absolute atomic E-state index is 0.260. The molecule has 146 valence electrons. The Labute approximate surface area is 171 Å². The number of nitrogens with two attached hydrogens (primary N) is 2.